The minimum atomic E-state index is -0.810. The molecule has 19 heavy (non-hydrogen) atoms. The molecular weight excluding hydrogens is 248 g/mol. The first-order valence-electron chi connectivity index (χ1n) is 6.73. The Morgan fingerprint density at radius 1 is 1.53 bits per heavy atom. The van der Waals surface area contributed by atoms with Crippen LogP contribution in [-0.4, -0.2) is 54.7 Å². The van der Waals surface area contributed by atoms with Gasteiger partial charge in [0, 0.05) is 26.8 Å². The third-order valence-electron chi connectivity index (χ3n) is 3.80. The number of ether oxygens (including phenoxy) is 1. The van der Waals surface area contributed by atoms with Crippen LogP contribution in [0.25, 0.3) is 0 Å². The number of amides is 1. The molecule has 1 aliphatic rings. The molecule has 6 nitrogen and oxygen atoms in total. The molecule has 0 bridgehead atoms. The maximum atomic E-state index is 12.1. The van der Waals surface area contributed by atoms with Gasteiger partial charge < -0.3 is 20.5 Å². The highest BCUT2D eigenvalue weighted by atomic mass is 16.5. The maximum absolute atomic E-state index is 12.1. The topological polar surface area (TPSA) is 92.9 Å². The highest BCUT2D eigenvalue weighted by Crippen LogP contribution is 2.35. The Morgan fingerprint density at radius 2 is 2.21 bits per heavy atom. The molecule has 0 spiro atoms. The predicted molar refractivity (Wildman–Crippen MR) is 70.6 cm³/mol. The molecule has 110 valence electrons. The summed E-state index contributed by atoms with van der Waals surface area (Å²) in [5.74, 6) is -0.980. The lowest BCUT2D eigenvalue weighted by Gasteiger charge is -2.25. The number of likely N-dealkylation sites (tertiary alicyclic amines) is 1. The van der Waals surface area contributed by atoms with Gasteiger partial charge in [-0.2, -0.15) is 0 Å². The number of hydrogen-bond donors (Lipinski definition) is 2. The standard InChI is InChI=1S/C13H24N2O4/c1-3-5-13(12(17)18)6-7-15(9-13)11(16)10(14)4-8-19-2/h10H,3-9,14H2,1-2H3,(H,17,18). The van der Waals surface area contributed by atoms with E-state index in [-0.39, 0.29) is 12.5 Å². The fourth-order valence-electron chi connectivity index (χ4n) is 2.63. The van der Waals surface area contributed by atoms with Crippen molar-refractivity contribution in [3.8, 4) is 0 Å². The number of methoxy groups -OCH3 is 1. The molecule has 6 heteroatoms. The Labute approximate surface area is 113 Å². The van der Waals surface area contributed by atoms with Crippen LogP contribution in [0.1, 0.15) is 32.6 Å². The molecule has 0 aliphatic carbocycles. The largest absolute Gasteiger partial charge is 0.481 e. The van der Waals surface area contributed by atoms with Gasteiger partial charge in [0.05, 0.1) is 11.5 Å². The molecule has 1 fully saturated rings. The molecule has 1 heterocycles. The van der Waals surface area contributed by atoms with E-state index in [1.165, 1.54) is 0 Å². The van der Waals surface area contributed by atoms with E-state index >= 15 is 0 Å². The van der Waals surface area contributed by atoms with Crippen molar-refractivity contribution >= 4 is 11.9 Å². The molecule has 1 saturated heterocycles. The summed E-state index contributed by atoms with van der Waals surface area (Å²) in [6.45, 7) is 3.14. The van der Waals surface area contributed by atoms with Crippen LogP contribution in [0.4, 0.5) is 0 Å². The van der Waals surface area contributed by atoms with Crippen molar-refractivity contribution in [2.24, 2.45) is 11.1 Å². The monoisotopic (exact) mass is 272 g/mol. The van der Waals surface area contributed by atoms with Crippen LogP contribution >= 0.6 is 0 Å². The molecule has 0 radical (unpaired) electrons. The third-order valence-corrected chi connectivity index (χ3v) is 3.80. The van der Waals surface area contributed by atoms with Crippen LogP contribution in [0.5, 0.6) is 0 Å². The third kappa shape index (κ3) is 3.67. The molecule has 2 unspecified atom stereocenters. The van der Waals surface area contributed by atoms with Crippen LogP contribution < -0.4 is 5.73 Å². The quantitative estimate of drug-likeness (QED) is 0.702. The van der Waals surface area contributed by atoms with Gasteiger partial charge in [0.15, 0.2) is 0 Å². The minimum absolute atomic E-state index is 0.170. The van der Waals surface area contributed by atoms with E-state index in [2.05, 4.69) is 0 Å². The van der Waals surface area contributed by atoms with Gasteiger partial charge in [0.1, 0.15) is 0 Å². The summed E-state index contributed by atoms with van der Waals surface area (Å²) < 4.78 is 4.90. The van der Waals surface area contributed by atoms with Crippen LogP contribution in [0.15, 0.2) is 0 Å². The average molecular weight is 272 g/mol. The fraction of sp³-hybridized carbons (Fsp3) is 0.846. The first-order chi connectivity index (χ1) is 8.96. The Bertz CT molecular complexity index is 335. The van der Waals surface area contributed by atoms with Crippen LogP contribution in [0, 0.1) is 5.41 Å². The van der Waals surface area contributed by atoms with Crippen molar-refractivity contribution in [2.45, 2.75) is 38.6 Å². The lowest BCUT2D eigenvalue weighted by atomic mass is 9.83. The second-order valence-corrected chi connectivity index (χ2v) is 5.23. The van der Waals surface area contributed by atoms with Gasteiger partial charge in [-0.15, -0.1) is 0 Å². The van der Waals surface area contributed by atoms with E-state index in [1.807, 2.05) is 6.92 Å². The van der Waals surface area contributed by atoms with Crippen molar-refractivity contribution in [2.75, 3.05) is 26.8 Å². The van der Waals surface area contributed by atoms with E-state index in [4.69, 9.17) is 10.5 Å². The van der Waals surface area contributed by atoms with E-state index < -0.39 is 17.4 Å². The Morgan fingerprint density at radius 3 is 2.74 bits per heavy atom. The summed E-state index contributed by atoms with van der Waals surface area (Å²) in [5, 5.41) is 9.39. The Hall–Kier alpha value is -1.14. The summed E-state index contributed by atoms with van der Waals surface area (Å²) >= 11 is 0. The number of nitrogens with two attached hydrogens (primary N) is 1. The summed E-state index contributed by atoms with van der Waals surface area (Å²) in [4.78, 5) is 25.1. The van der Waals surface area contributed by atoms with Crippen molar-refractivity contribution in [1.29, 1.82) is 0 Å². The number of hydrogen-bond acceptors (Lipinski definition) is 4. The van der Waals surface area contributed by atoms with Crippen LogP contribution in [0.2, 0.25) is 0 Å². The van der Waals surface area contributed by atoms with Gasteiger partial charge in [-0.3, -0.25) is 9.59 Å². The highest BCUT2D eigenvalue weighted by Gasteiger charge is 2.45. The zero-order valence-corrected chi connectivity index (χ0v) is 11.7. The minimum Gasteiger partial charge on any atom is -0.481 e. The van der Waals surface area contributed by atoms with E-state index in [0.29, 0.717) is 32.4 Å². The average Bonchev–Trinajstić information content (AvgIpc) is 2.81. The molecule has 1 amide bonds. The molecule has 1 rings (SSSR count). The van der Waals surface area contributed by atoms with Crippen molar-refractivity contribution in [3.05, 3.63) is 0 Å². The number of carbonyl (C=O) groups is 2. The second-order valence-electron chi connectivity index (χ2n) is 5.23. The van der Waals surface area contributed by atoms with Crippen molar-refractivity contribution < 1.29 is 19.4 Å². The Balaban J connectivity index is 2.63. The molecule has 0 aromatic rings. The molecule has 2 atom stereocenters. The number of aliphatic carboxylic acids is 1. The normalized spacial score (nSPS) is 24.5. The van der Waals surface area contributed by atoms with Gasteiger partial charge in [-0.1, -0.05) is 13.3 Å². The van der Waals surface area contributed by atoms with E-state index in [0.717, 1.165) is 6.42 Å². The fourth-order valence-corrected chi connectivity index (χ4v) is 2.63. The number of carbonyl (C=O) groups excluding carboxylic acids is 1. The maximum Gasteiger partial charge on any atom is 0.311 e. The molecule has 0 aromatic heterocycles. The van der Waals surface area contributed by atoms with Crippen LogP contribution in [-0.2, 0) is 14.3 Å². The lowest BCUT2D eigenvalue weighted by molar-refractivity contribution is -0.149. The van der Waals surface area contributed by atoms with Gasteiger partial charge in [-0.05, 0) is 19.3 Å². The van der Waals surface area contributed by atoms with Gasteiger partial charge in [0.25, 0.3) is 0 Å². The summed E-state index contributed by atoms with van der Waals surface area (Å²) in [6.07, 6.45) is 2.36. The van der Waals surface area contributed by atoms with Gasteiger partial charge in [-0.25, -0.2) is 0 Å². The number of rotatable bonds is 7. The molecule has 3 N–H and O–H groups in total. The van der Waals surface area contributed by atoms with Gasteiger partial charge in [0.2, 0.25) is 5.91 Å². The number of carboxylic acids is 1. The second kappa shape index (κ2) is 6.86. The highest BCUT2D eigenvalue weighted by molar-refractivity contribution is 5.84. The van der Waals surface area contributed by atoms with Crippen LogP contribution in [0.3, 0.4) is 0 Å². The summed E-state index contributed by atoms with van der Waals surface area (Å²) in [6, 6.07) is -0.605. The van der Waals surface area contributed by atoms with Crippen molar-refractivity contribution in [1.82, 2.24) is 4.90 Å². The summed E-state index contributed by atoms with van der Waals surface area (Å²) in [5.41, 5.74) is 5.02. The molecule has 0 saturated carbocycles. The first kappa shape index (κ1) is 15.9. The van der Waals surface area contributed by atoms with Crippen molar-refractivity contribution in [3.63, 3.8) is 0 Å². The summed E-state index contributed by atoms with van der Waals surface area (Å²) in [7, 11) is 1.56. The zero-order valence-electron chi connectivity index (χ0n) is 11.7. The zero-order chi connectivity index (χ0) is 14.5. The molecular formula is C13H24N2O4. The van der Waals surface area contributed by atoms with Gasteiger partial charge >= 0.3 is 5.97 Å². The number of carboxylic acid groups (broad SMARTS) is 1. The smallest absolute Gasteiger partial charge is 0.311 e. The number of nitrogens with zero attached hydrogens (tertiary/aromatic N) is 1. The predicted octanol–water partition coefficient (Wildman–Crippen LogP) is 0.454. The van der Waals surface area contributed by atoms with E-state index in [1.54, 1.807) is 12.0 Å². The molecule has 0 aromatic carbocycles. The molecule has 1 aliphatic heterocycles. The van der Waals surface area contributed by atoms with E-state index in [9.17, 15) is 14.7 Å². The Kier molecular flexibility index (Phi) is 5.75. The lowest BCUT2D eigenvalue weighted by Crippen LogP contribution is -2.45. The first-order valence-corrected chi connectivity index (χ1v) is 6.73. The SMILES string of the molecule is CCCC1(C(=O)O)CCN(C(=O)C(N)CCOC)C1.